The van der Waals surface area contributed by atoms with Crippen molar-refractivity contribution < 1.29 is 4.39 Å². The number of hydrogen-bond acceptors (Lipinski definition) is 3. The minimum absolute atomic E-state index is 0.152. The normalized spacial score (nSPS) is 17.8. The SMILES string of the molecule is CN(C)c1ccc(N2C(=S)N[C@@H](c3ccccn3)[C@@H]2c2cccn2-c2ccc(F)cc2)cc1. The largest absolute Gasteiger partial charge is 0.378 e. The molecule has 2 atom stereocenters. The summed E-state index contributed by atoms with van der Waals surface area (Å²) in [6.45, 7) is 0. The van der Waals surface area contributed by atoms with E-state index in [0.717, 1.165) is 28.5 Å². The van der Waals surface area contributed by atoms with Gasteiger partial charge in [-0.2, -0.15) is 0 Å². The zero-order chi connectivity index (χ0) is 22.9. The van der Waals surface area contributed by atoms with Crippen molar-refractivity contribution in [2.75, 3.05) is 23.9 Å². The van der Waals surface area contributed by atoms with Crippen LogP contribution in [0.2, 0.25) is 0 Å². The molecule has 1 aliphatic rings. The first-order valence-electron chi connectivity index (χ1n) is 10.7. The van der Waals surface area contributed by atoms with Crippen LogP contribution >= 0.6 is 12.2 Å². The van der Waals surface area contributed by atoms with Gasteiger partial charge in [-0.25, -0.2) is 4.39 Å². The van der Waals surface area contributed by atoms with Crippen LogP contribution in [-0.2, 0) is 0 Å². The summed E-state index contributed by atoms with van der Waals surface area (Å²) in [5, 5.41) is 4.13. The number of aromatic nitrogens is 2. The number of thiocarbonyl (C=S) groups is 1. The number of anilines is 2. The van der Waals surface area contributed by atoms with Gasteiger partial charge >= 0.3 is 0 Å². The van der Waals surface area contributed by atoms with E-state index in [9.17, 15) is 4.39 Å². The van der Waals surface area contributed by atoms with E-state index in [2.05, 4.69) is 55.0 Å². The van der Waals surface area contributed by atoms with E-state index in [1.807, 2.05) is 44.6 Å². The van der Waals surface area contributed by atoms with Crippen molar-refractivity contribution in [3.05, 3.63) is 108 Å². The number of nitrogens with zero attached hydrogens (tertiary/aromatic N) is 4. The third-order valence-corrected chi connectivity index (χ3v) is 6.25. The third-order valence-electron chi connectivity index (χ3n) is 5.93. The number of benzene rings is 2. The second kappa shape index (κ2) is 8.67. The average molecular weight is 458 g/mol. The Labute approximate surface area is 198 Å². The van der Waals surface area contributed by atoms with Crippen molar-refractivity contribution in [2.45, 2.75) is 12.1 Å². The lowest BCUT2D eigenvalue weighted by molar-refractivity contribution is 0.549. The van der Waals surface area contributed by atoms with E-state index < -0.39 is 0 Å². The molecule has 7 heteroatoms. The van der Waals surface area contributed by atoms with Gasteiger partial charge in [-0.1, -0.05) is 6.07 Å². The summed E-state index contributed by atoms with van der Waals surface area (Å²) in [6.07, 6.45) is 3.79. The van der Waals surface area contributed by atoms with Gasteiger partial charge in [0, 0.05) is 49.2 Å². The molecule has 0 aliphatic carbocycles. The molecule has 0 unspecified atom stereocenters. The van der Waals surface area contributed by atoms with Crippen molar-refractivity contribution in [1.82, 2.24) is 14.9 Å². The highest BCUT2D eigenvalue weighted by Gasteiger charge is 2.42. The molecule has 0 amide bonds. The van der Waals surface area contributed by atoms with Gasteiger partial charge in [0.2, 0.25) is 0 Å². The molecular weight excluding hydrogens is 433 g/mol. The summed E-state index contributed by atoms with van der Waals surface area (Å²) in [5.74, 6) is -0.259. The van der Waals surface area contributed by atoms with Crippen molar-refractivity contribution in [1.29, 1.82) is 0 Å². The minimum atomic E-state index is -0.259. The van der Waals surface area contributed by atoms with Gasteiger partial charge in [-0.05, 0) is 85.0 Å². The molecule has 33 heavy (non-hydrogen) atoms. The van der Waals surface area contributed by atoms with Gasteiger partial charge in [-0.15, -0.1) is 0 Å². The van der Waals surface area contributed by atoms with Crippen LogP contribution in [0.25, 0.3) is 5.69 Å². The molecule has 5 nitrogen and oxygen atoms in total. The number of pyridine rings is 1. The summed E-state index contributed by atoms with van der Waals surface area (Å²) in [6, 6.07) is 24.5. The first-order chi connectivity index (χ1) is 16.0. The molecule has 0 saturated carbocycles. The van der Waals surface area contributed by atoms with Gasteiger partial charge in [0.1, 0.15) is 11.9 Å². The molecule has 2 aromatic carbocycles. The fraction of sp³-hybridized carbons (Fsp3) is 0.154. The van der Waals surface area contributed by atoms with Gasteiger partial charge in [-0.3, -0.25) is 4.98 Å². The monoisotopic (exact) mass is 457 g/mol. The van der Waals surface area contributed by atoms with Crippen LogP contribution in [0.5, 0.6) is 0 Å². The summed E-state index contributed by atoms with van der Waals surface area (Å²) < 4.78 is 15.7. The molecule has 0 spiro atoms. The quantitative estimate of drug-likeness (QED) is 0.414. The van der Waals surface area contributed by atoms with Crippen molar-refractivity contribution in [2.24, 2.45) is 0 Å². The maximum absolute atomic E-state index is 13.6. The van der Waals surface area contributed by atoms with Crippen LogP contribution in [0.3, 0.4) is 0 Å². The maximum atomic E-state index is 13.6. The van der Waals surface area contributed by atoms with Crippen molar-refractivity contribution >= 4 is 28.7 Å². The van der Waals surface area contributed by atoms with E-state index >= 15 is 0 Å². The predicted octanol–water partition coefficient (Wildman–Crippen LogP) is 5.25. The lowest BCUT2D eigenvalue weighted by Crippen LogP contribution is -2.30. The molecule has 1 aliphatic heterocycles. The standard InChI is InChI=1S/C26H24FN5S/c1-30(2)19-12-14-21(15-13-19)32-25(24(29-26(32)33)22-6-3-4-16-28-22)23-7-5-17-31(23)20-10-8-18(27)9-11-20/h3-17,24-25H,1-2H3,(H,29,33)/t24-,25-/m0/s1. The fourth-order valence-electron chi connectivity index (χ4n) is 4.32. The van der Waals surface area contributed by atoms with Crippen LogP contribution in [-0.4, -0.2) is 28.8 Å². The van der Waals surface area contributed by atoms with E-state index in [0.29, 0.717) is 5.11 Å². The molecule has 0 radical (unpaired) electrons. The smallest absolute Gasteiger partial charge is 0.174 e. The van der Waals surface area contributed by atoms with E-state index in [1.54, 1.807) is 18.3 Å². The summed E-state index contributed by atoms with van der Waals surface area (Å²) >= 11 is 5.83. The number of hydrogen-bond donors (Lipinski definition) is 1. The minimum Gasteiger partial charge on any atom is -0.378 e. The highest BCUT2D eigenvalue weighted by molar-refractivity contribution is 7.80. The molecule has 1 saturated heterocycles. The second-order valence-corrected chi connectivity index (χ2v) is 8.57. The highest BCUT2D eigenvalue weighted by atomic mass is 32.1. The van der Waals surface area contributed by atoms with E-state index in [4.69, 9.17) is 12.2 Å². The fourth-order valence-corrected chi connectivity index (χ4v) is 4.66. The van der Waals surface area contributed by atoms with Crippen LogP contribution in [0.4, 0.5) is 15.8 Å². The molecule has 166 valence electrons. The van der Waals surface area contributed by atoms with E-state index in [-0.39, 0.29) is 17.9 Å². The summed E-state index contributed by atoms with van der Waals surface area (Å²) in [4.78, 5) is 8.83. The topological polar surface area (TPSA) is 36.3 Å². The third kappa shape index (κ3) is 3.96. The molecule has 2 aromatic heterocycles. The molecule has 1 N–H and O–H groups in total. The maximum Gasteiger partial charge on any atom is 0.174 e. The Morgan fingerprint density at radius 1 is 0.909 bits per heavy atom. The van der Waals surface area contributed by atoms with E-state index in [1.165, 1.54) is 12.1 Å². The first-order valence-corrected chi connectivity index (χ1v) is 11.1. The van der Waals surface area contributed by atoms with Crippen LogP contribution in [0.1, 0.15) is 23.5 Å². The predicted molar refractivity (Wildman–Crippen MR) is 134 cm³/mol. The molecule has 4 aromatic rings. The molecule has 3 heterocycles. The number of halogens is 1. The van der Waals surface area contributed by atoms with Crippen LogP contribution in [0.15, 0.2) is 91.3 Å². The number of rotatable bonds is 5. The van der Waals surface area contributed by atoms with Gasteiger partial charge in [0.15, 0.2) is 5.11 Å². The Balaban J connectivity index is 1.63. The Hall–Kier alpha value is -3.71. The first kappa shape index (κ1) is 21.2. The second-order valence-electron chi connectivity index (χ2n) is 8.19. The molecule has 5 rings (SSSR count). The molecule has 0 bridgehead atoms. The number of nitrogens with one attached hydrogen (secondary N) is 1. The zero-order valence-electron chi connectivity index (χ0n) is 18.4. The lowest BCUT2D eigenvalue weighted by atomic mass is 10.0. The molecule has 1 fully saturated rings. The highest BCUT2D eigenvalue weighted by Crippen LogP contribution is 2.42. The summed E-state index contributed by atoms with van der Waals surface area (Å²) in [7, 11) is 4.04. The Morgan fingerprint density at radius 3 is 2.30 bits per heavy atom. The zero-order valence-corrected chi connectivity index (χ0v) is 19.2. The Morgan fingerprint density at radius 2 is 1.64 bits per heavy atom. The van der Waals surface area contributed by atoms with Crippen molar-refractivity contribution in [3.63, 3.8) is 0 Å². The lowest BCUT2D eigenvalue weighted by Gasteiger charge is -2.29. The van der Waals surface area contributed by atoms with Crippen LogP contribution in [0, 0.1) is 5.82 Å². The van der Waals surface area contributed by atoms with Gasteiger partial charge in [0.25, 0.3) is 0 Å². The Kier molecular flexibility index (Phi) is 5.56. The summed E-state index contributed by atoms with van der Waals surface area (Å²) in [5.41, 5.74) is 4.93. The average Bonchev–Trinajstić information content (AvgIpc) is 3.44. The Bertz CT molecular complexity index is 1250. The van der Waals surface area contributed by atoms with Crippen LogP contribution < -0.4 is 15.1 Å². The van der Waals surface area contributed by atoms with Gasteiger partial charge < -0.3 is 19.7 Å². The van der Waals surface area contributed by atoms with Gasteiger partial charge in [0.05, 0.1) is 11.7 Å². The van der Waals surface area contributed by atoms with Crippen molar-refractivity contribution in [3.8, 4) is 5.69 Å². The molecular formula is C26H24FN5S.